The van der Waals surface area contributed by atoms with Gasteiger partial charge in [0, 0.05) is 6.04 Å². The average molecular weight is 159 g/mol. The molecule has 0 bridgehead atoms. The molecule has 1 rings (SSSR count). The summed E-state index contributed by atoms with van der Waals surface area (Å²) >= 11 is 0. The first-order chi connectivity index (χ1) is 5.31. The van der Waals surface area contributed by atoms with Crippen LogP contribution >= 0.6 is 0 Å². The molecule has 1 aliphatic carbocycles. The minimum absolute atomic E-state index is 0.431. The van der Waals surface area contributed by atoms with Crippen molar-refractivity contribution < 1.29 is 9.53 Å². The monoisotopic (exact) mass is 159 g/mol. The van der Waals surface area contributed by atoms with E-state index in [0.29, 0.717) is 19.1 Å². The lowest BCUT2D eigenvalue weighted by Gasteiger charge is -1.79. The Morgan fingerprint density at radius 2 is 2.00 bits per heavy atom. The van der Waals surface area contributed by atoms with Crippen molar-refractivity contribution in [3.8, 4) is 0 Å². The van der Waals surface area contributed by atoms with Crippen molar-refractivity contribution in [2.24, 2.45) is 5.73 Å². The smallest absolute Gasteiger partial charge is 0.293 e. The maximum Gasteiger partial charge on any atom is 0.293 e. The highest BCUT2D eigenvalue weighted by Gasteiger charge is 2.13. The predicted molar refractivity (Wildman–Crippen MR) is 46.2 cm³/mol. The lowest BCUT2D eigenvalue weighted by atomic mass is 10.8. The predicted octanol–water partition coefficient (Wildman–Crippen LogP) is 1.09. The number of carbonyl (C=O) groups excluding carboxylic acids is 1. The van der Waals surface area contributed by atoms with Gasteiger partial charge < -0.3 is 10.5 Å². The normalized spacial score (nSPS) is 12.9. The topological polar surface area (TPSA) is 52.3 Å². The van der Waals surface area contributed by atoms with Gasteiger partial charge in [-0.25, -0.2) is 0 Å². The van der Waals surface area contributed by atoms with Crippen molar-refractivity contribution in [1.29, 1.82) is 0 Å². The minimum Gasteiger partial charge on any atom is -0.468 e. The van der Waals surface area contributed by atoms with Gasteiger partial charge in [-0.05, 0) is 19.8 Å². The molecule has 0 spiro atoms. The summed E-state index contributed by atoms with van der Waals surface area (Å²) in [4.78, 5) is 9.18. The SMILES string of the molecule is C=C.CCOC=O.NC1CC1. The molecule has 0 saturated heterocycles. The summed E-state index contributed by atoms with van der Waals surface area (Å²) in [6.07, 6.45) is 2.53. The number of rotatable bonds is 2. The first kappa shape index (κ1) is 12.8. The van der Waals surface area contributed by atoms with Crippen LogP contribution in [-0.2, 0) is 9.53 Å². The highest BCUT2D eigenvalue weighted by Crippen LogP contribution is 2.13. The third-order valence-electron chi connectivity index (χ3n) is 0.857. The summed E-state index contributed by atoms with van der Waals surface area (Å²) in [5, 5.41) is 0. The number of nitrogens with two attached hydrogens (primary N) is 1. The Morgan fingerprint density at radius 3 is 2.00 bits per heavy atom. The van der Waals surface area contributed by atoms with Gasteiger partial charge in [-0.1, -0.05) is 0 Å². The van der Waals surface area contributed by atoms with Crippen LogP contribution in [0.15, 0.2) is 13.2 Å². The maximum absolute atomic E-state index is 9.18. The van der Waals surface area contributed by atoms with Gasteiger partial charge in [-0.2, -0.15) is 0 Å². The standard InChI is InChI=1S/C3H7N.C3H6O2.C2H4/c4-3-1-2-3;1-2-5-3-4;1-2/h3H,1-2,4H2;3H,2H2,1H3;1-2H2. The van der Waals surface area contributed by atoms with Gasteiger partial charge in [0.1, 0.15) is 0 Å². The molecule has 0 heterocycles. The molecule has 0 aromatic rings. The molecular formula is C8H17NO2. The molecule has 0 aromatic carbocycles. The second kappa shape index (κ2) is 11.9. The zero-order chi connectivity index (χ0) is 9.11. The molecule has 0 aromatic heterocycles. The Bertz CT molecular complexity index is 82.2. The molecule has 0 radical (unpaired) electrons. The zero-order valence-electron chi connectivity index (χ0n) is 7.08. The Labute approximate surface area is 68.2 Å². The molecule has 0 amide bonds. The summed E-state index contributed by atoms with van der Waals surface area (Å²) in [5.74, 6) is 0. The van der Waals surface area contributed by atoms with E-state index in [1.165, 1.54) is 12.8 Å². The first-order valence-corrected chi connectivity index (χ1v) is 3.62. The molecule has 1 fully saturated rings. The summed E-state index contributed by atoms with van der Waals surface area (Å²) in [6, 6.07) is 0.583. The zero-order valence-corrected chi connectivity index (χ0v) is 7.08. The van der Waals surface area contributed by atoms with Gasteiger partial charge in [0.15, 0.2) is 0 Å². The van der Waals surface area contributed by atoms with Gasteiger partial charge in [0.05, 0.1) is 6.61 Å². The molecule has 2 N–H and O–H groups in total. The highest BCUT2D eigenvalue weighted by molar-refractivity contribution is 5.36. The van der Waals surface area contributed by atoms with Gasteiger partial charge in [-0.3, -0.25) is 4.79 Å². The molecule has 11 heavy (non-hydrogen) atoms. The molecule has 1 aliphatic rings. The second-order valence-electron chi connectivity index (χ2n) is 1.89. The van der Waals surface area contributed by atoms with E-state index in [4.69, 9.17) is 5.73 Å². The molecule has 0 unspecified atom stereocenters. The van der Waals surface area contributed by atoms with Crippen LogP contribution in [0.2, 0.25) is 0 Å². The van der Waals surface area contributed by atoms with Crippen molar-refractivity contribution in [3.63, 3.8) is 0 Å². The summed E-state index contributed by atoms with van der Waals surface area (Å²) < 4.78 is 4.15. The lowest BCUT2D eigenvalue weighted by Crippen LogP contribution is -1.94. The summed E-state index contributed by atoms with van der Waals surface area (Å²) in [7, 11) is 0. The minimum atomic E-state index is 0.431. The van der Waals surface area contributed by atoms with E-state index in [1.54, 1.807) is 6.92 Å². The fourth-order valence-corrected chi connectivity index (χ4v) is 0.164. The molecule has 0 aliphatic heterocycles. The van der Waals surface area contributed by atoms with Crippen LogP contribution in [-0.4, -0.2) is 19.1 Å². The fourth-order valence-electron chi connectivity index (χ4n) is 0.164. The van der Waals surface area contributed by atoms with E-state index in [1.807, 2.05) is 0 Å². The largest absolute Gasteiger partial charge is 0.468 e. The van der Waals surface area contributed by atoms with E-state index in [0.717, 1.165) is 0 Å². The van der Waals surface area contributed by atoms with Crippen molar-refractivity contribution in [2.45, 2.75) is 25.8 Å². The molecular weight excluding hydrogens is 142 g/mol. The fraction of sp³-hybridized carbons (Fsp3) is 0.625. The Kier molecular flexibility index (Phi) is 13.9. The number of hydrogen-bond donors (Lipinski definition) is 1. The maximum atomic E-state index is 9.18. The molecule has 3 heteroatoms. The first-order valence-electron chi connectivity index (χ1n) is 3.62. The summed E-state index contributed by atoms with van der Waals surface area (Å²) in [6.45, 7) is 8.66. The van der Waals surface area contributed by atoms with E-state index >= 15 is 0 Å². The van der Waals surface area contributed by atoms with E-state index in [-0.39, 0.29) is 0 Å². The van der Waals surface area contributed by atoms with Crippen LogP contribution in [0.25, 0.3) is 0 Å². The highest BCUT2D eigenvalue weighted by atomic mass is 16.5. The molecule has 0 atom stereocenters. The number of ether oxygens (including phenoxy) is 1. The second-order valence-corrected chi connectivity index (χ2v) is 1.89. The van der Waals surface area contributed by atoms with E-state index in [9.17, 15) is 4.79 Å². The number of carbonyl (C=O) groups is 1. The summed E-state index contributed by atoms with van der Waals surface area (Å²) in [5.41, 5.74) is 5.22. The van der Waals surface area contributed by atoms with Gasteiger partial charge in [0.25, 0.3) is 6.47 Å². The van der Waals surface area contributed by atoms with Crippen LogP contribution in [0.3, 0.4) is 0 Å². The van der Waals surface area contributed by atoms with Crippen molar-refractivity contribution in [3.05, 3.63) is 13.2 Å². The quantitative estimate of drug-likeness (QED) is 0.484. The Balaban J connectivity index is 0. The van der Waals surface area contributed by atoms with Crippen molar-refractivity contribution >= 4 is 6.47 Å². The van der Waals surface area contributed by atoms with Crippen LogP contribution in [0.5, 0.6) is 0 Å². The van der Waals surface area contributed by atoms with Gasteiger partial charge in [0.2, 0.25) is 0 Å². The van der Waals surface area contributed by atoms with E-state index < -0.39 is 0 Å². The van der Waals surface area contributed by atoms with Crippen LogP contribution < -0.4 is 5.73 Å². The Morgan fingerprint density at radius 1 is 1.64 bits per heavy atom. The van der Waals surface area contributed by atoms with Crippen molar-refractivity contribution in [2.75, 3.05) is 6.61 Å². The van der Waals surface area contributed by atoms with Crippen LogP contribution in [0.1, 0.15) is 19.8 Å². The lowest BCUT2D eigenvalue weighted by molar-refractivity contribution is -0.128. The molecule has 1 saturated carbocycles. The number of hydrogen-bond acceptors (Lipinski definition) is 3. The Hall–Kier alpha value is -0.830. The third kappa shape index (κ3) is 27.1. The van der Waals surface area contributed by atoms with E-state index in [2.05, 4.69) is 17.9 Å². The van der Waals surface area contributed by atoms with Crippen LogP contribution in [0, 0.1) is 0 Å². The van der Waals surface area contributed by atoms with Crippen molar-refractivity contribution in [1.82, 2.24) is 0 Å². The average Bonchev–Trinajstić information content (AvgIpc) is 2.79. The molecule has 3 nitrogen and oxygen atoms in total. The van der Waals surface area contributed by atoms with Gasteiger partial charge in [-0.15, -0.1) is 13.2 Å². The van der Waals surface area contributed by atoms with Gasteiger partial charge >= 0.3 is 0 Å². The van der Waals surface area contributed by atoms with Crippen LogP contribution in [0.4, 0.5) is 0 Å². The third-order valence-corrected chi connectivity index (χ3v) is 0.857. The molecule has 66 valence electrons.